The largest absolute Gasteiger partial charge is 0.493 e. The summed E-state index contributed by atoms with van der Waals surface area (Å²) in [7, 11) is 3.08. The Bertz CT molecular complexity index is 746. The van der Waals surface area contributed by atoms with Crippen molar-refractivity contribution in [2.75, 3.05) is 14.2 Å². The summed E-state index contributed by atoms with van der Waals surface area (Å²) in [4.78, 5) is 13.1. The van der Waals surface area contributed by atoms with Crippen LogP contribution in [0.4, 0.5) is 0 Å². The number of carbonyl (C=O) groups is 1. The molecule has 0 saturated carbocycles. The standard InChI is InChI=1S/C17H16N2O3S/c1-21-15-6-5-12(9-16(15)22-2)8-13(10-18)17(20)19-11-14-4-3-7-23-14/h3-9H,11H2,1-2H3,(H,19,20). The van der Waals surface area contributed by atoms with Gasteiger partial charge in [-0.1, -0.05) is 12.1 Å². The molecule has 0 aliphatic rings. The van der Waals surface area contributed by atoms with Crippen molar-refractivity contribution in [3.05, 3.63) is 51.7 Å². The smallest absolute Gasteiger partial charge is 0.262 e. The maximum Gasteiger partial charge on any atom is 0.262 e. The molecule has 5 nitrogen and oxygen atoms in total. The first-order valence-corrected chi connectivity index (χ1v) is 7.70. The molecule has 1 aromatic heterocycles. The zero-order valence-electron chi connectivity index (χ0n) is 12.8. The maximum atomic E-state index is 12.1. The minimum Gasteiger partial charge on any atom is -0.493 e. The molecule has 0 unspecified atom stereocenters. The van der Waals surface area contributed by atoms with Crippen LogP contribution in [0.1, 0.15) is 10.4 Å². The lowest BCUT2D eigenvalue weighted by molar-refractivity contribution is -0.117. The van der Waals surface area contributed by atoms with Gasteiger partial charge in [-0.25, -0.2) is 0 Å². The molecule has 2 rings (SSSR count). The van der Waals surface area contributed by atoms with Crippen LogP contribution >= 0.6 is 11.3 Å². The number of thiophene rings is 1. The van der Waals surface area contributed by atoms with E-state index < -0.39 is 5.91 Å². The summed E-state index contributed by atoms with van der Waals surface area (Å²) in [5, 5.41) is 13.9. The Morgan fingerprint density at radius 3 is 2.70 bits per heavy atom. The van der Waals surface area contributed by atoms with Crippen molar-refractivity contribution in [1.29, 1.82) is 5.26 Å². The molecule has 0 aliphatic carbocycles. The van der Waals surface area contributed by atoms with E-state index in [9.17, 15) is 10.1 Å². The fraction of sp³-hybridized carbons (Fsp3) is 0.176. The summed E-state index contributed by atoms with van der Waals surface area (Å²) < 4.78 is 10.4. The normalized spacial score (nSPS) is 10.7. The van der Waals surface area contributed by atoms with Crippen LogP contribution < -0.4 is 14.8 Å². The fourth-order valence-corrected chi connectivity index (χ4v) is 2.58. The lowest BCUT2D eigenvalue weighted by Gasteiger charge is -2.08. The van der Waals surface area contributed by atoms with Crippen LogP contribution in [-0.4, -0.2) is 20.1 Å². The molecule has 23 heavy (non-hydrogen) atoms. The molecule has 0 spiro atoms. The Hall–Kier alpha value is -2.78. The molecule has 0 radical (unpaired) electrons. The van der Waals surface area contributed by atoms with Crippen LogP contribution in [0.25, 0.3) is 6.08 Å². The van der Waals surface area contributed by atoms with Gasteiger partial charge in [-0.15, -0.1) is 11.3 Å². The molecular formula is C17H16N2O3S. The van der Waals surface area contributed by atoms with Crippen molar-refractivity contribution in [3.63, 3.8) is 0 Å². The SMILES string of the molecule is COc1ccc(C=C(C#N)C(=O)NCc2cccs2)cc1OC. The van der Waals surface area contributed by atoms with Crippen LogP contribution in [0.5, 0.6) is 11.5 Å². The minimum absolute atomic E-state index is 0.0359. The van der Waals surface area contributed by atoms with Crippen LogP contribution in [-0.2, 0) is 11.3 Å². The highest BCUT2D eigenvalue weighted by molar-refractivity contribution is 7.09. The summed E-state index contributed by atoms with van der Waals surface area (Å²) in [5.74, 6) is 0.721. The molecule has 0 saturated heterocycles. The van der Waals surface area contributed by atoms with Gasteiger partial charge in [-0.2, -0.15) is 5.26 Å². The highest BCUT2D eigenvalue weighted by Crippen LogP contribution is 2.28. The van der Waals surface area contributed by atoms with E-state index in [1.807, 2.05) is 23.6 Å². The lowest BCUT2D eigenvalue weighted by atomic mass is 10.1. The minimum atomic E-state index is -0.407. The summed E-state index contributed by atoms with van der Waals surface area (Å²) in [6.45, 7) is 0.404. The van der Waals surface area contributed by atoms with E-state index in [1.165, 1.54) is 13.2 Å². The van der Waals surface area contributed by atoms with Gasteiger partial charge in [0.2, 0.25) is 0 Å². The number of rotatable bonds is 6. The number of benzene rings is 1. The van der Waals surface area contributed by atoms with Crippen LogP contribution in [0.15, 0.2) is 41.3 Å². The second kappa shape index (κ2) is 8.01. The quantitative estimate of drug-likeness (QED) is 0.653. The van der Waals surface area contributed by atoms with Crippen molar-refractivity contribution < 1.29 is 14.3 Å². The Morgan fingerprint density at radius 1 is 1.30 bits per heavy atom. The van der Waals surface area contributed by atoms with Crippen molar-refractivity contribution in [2.24, 2.45) is 0 Å². The predicted octanol–water partition coefficient (Wildman–Crippen LogP) is 2.99. The number of nitriles is 1. The second-order valence-electron chi connectivity index (χ2n) is 4.55. The van der Waals surface area contributed by atoms with Crippen molar-refractivity contribution >= 4 is 23.3 Å². The number of amides is 1. The molecule has 0 bridgehead atoms. The van der Waals surface area contributed by atoms with Gasteiger partial charge in [-0.3, -0.25) is 4.79 Å². The van der Waals surface area contributed by atoms with Crippen LogP contribution in [0.3, 0.4) is 0 Å². The van der Waals surface area contributed by atoms with Gasteiger partial charge in [0.05, 0.1) is 20.8 Å². The average molecular weight is 328 g/mol. The Morgan fingerprint density at radius 2 is 2.09 bits per heavy atom. The summed E-state index contributed by atoms with van der Waals surface area (Å²) in [5.41, 5.74) is 0.722. The van der Waals surface area contributed by atoms with Gasteiger partial charge in [-0.05, 0) is 35.2 Å². The molecule has 6 heteroatoms. The van der Waals surface area contributed by atoms with E-state index in [0.717, 1.165) is 4.88 Å². The molecule has 1 heterocycles. The van der Waals surface area contributed by atoms with E-state index in [4.69, 9.17) is 9.47 Å². The molecule has 1 N–H and O–H groups in total. The first-order valence-electron chi connectivity index (χ1n) is 6.82. The van der Waals surface area contributed by atoms with Gasteiger partial charge < -0.3 is 14.8 Å². The average Bonchev–Trinajstić information content (AvgIpc) is 3.10. The monoisotopic (exact) mass is 328 g/mol. The summed E-state index contributed by atoms with van der Waals surface area (Å²) in [6.07, 6.45) is 1.52. The predicted molar refractivity (Wildman–Crippen MR) is 89.3 cm³/mol. The maximum absolute atomic E-state index is 12.1. The third kappa shape index (κ3) is 4.34. The molecule has 0 fully saturated rings. The van der Waals surface area contributed by atoms with Crippen molar-refractivity contribution in [3.8, 4) is 17.6 Å². The van der Waals surface area contributed by atoms with E-state index in [2.05, 4.69) is 5.32 Å². The zero-order valence-corrected chi connectivity index (χ0v) is 13.6. The first-order chi connectivity index (χ1) is 11.2. The van der Waals surface area contributed by atoms with Gasteiger partial charge in [0.15, 0.2) is 11.5 Å². The molecular weight excluding hydrogens is 312 g/mol. The van der Waals surface area contributed by atoms with Crippen molar-refractivity contribution in [1.82, 2.24) is 5.32 Å². The topological polar surface area (TPSA) is 71.3 Å². The fourth-order valence-electron chi connectivity index (χ4n) is 1.93. The number of nitrogens with zero attached hydrogens (tertiary/aromatic N) is 1. The Labute approximate surface area is 138 Å². The van der Waals surface area contributed by atoms with Gasteiger partial charge in [0.1, 0.15) is 11.6 Å². The van der Waals surface area contributed by atoms with E-state index in [0.29, 0.717) is 23.6 Å². The van der Waals surface area contributed by atoms with E-state index in [1.54, 1.807) is 36.6 Å². The number of hydrogen-bond donors (Lipinski definition) is 1. The summed E-state index contributed by atoms with van der Waals surface area (Å²) >= 11 is 1.55. The van der Waals surface area contributed by atoms with Gasteiger partial charge in [0.25, 0.3) is 5.91 Å². The van der Waals surface area contributed by atoms with Crippen LogP contribution in [0, 0.1) is 11.3 Å². The van der Waals surface area contributed by atoms with Gasteiger partial charge >= 0.3 is 0 Å². The van der Waals surface area contributed by atoms with Crippen molar-refractivity contribution in [2.45, 2.75) is 6.54 Å². The van der Waals surface area contributed by atoms with E-state index >= 15 is 0 Å². The van der Waals surface area contributed by atoms with Crippen LogP contribution in [0.2, 0.25) is 0 Å². The highest BCUT2D eigenvalue weighted by Gasteiger charge is 2.10. The third-order valence-corrected chi connectivity index (χ3v) is 3.96. The molecule has 1 amide bonds. The van der Waals surface area contributed by atoms with E-state index in [-0.39, 0.29) is 5.57 Å². The second-order valence-corrected chi connectivity index (χ2v) is 5.58. The number of nitrogens with one attached hydrogen (secondary N) is 1. The number of methoxy groups -OCH3 is 2. The number of carbonyl (C=O) groups excluding carboxylic acids is 1. The highest BCUT2D eigenvalue weighted by atomic mass is 32.1. The molecule has 1 aromatic carbocycles. The molecule has 118 valence electrons. The Kier molecular flexibility index (Phi) is 5.78. The lowest BCUT2D eigenvalue weighted by Crippen LogP contribution is -2.23. The third-order valence-electron chi connectivity index (χ3n) is 3.09. The summed E-state index contributed by atoms with van der Waals surface area (Å²) in [6, 6.07) is 11.0. The molecule has 0 aliphatic heterocycles. The van der Waals surface area contributed by atoms with Gasteiger partial charge in [0, 0.05) is 4.88 Å². The Balaban J connectivity index is 2.14. The first kappa shape index (κ1) is 16.6. The number of hydrogen-bond acceptors (Lipinski definition) is 5. The molecule has 0 atom stereocenters. The molecule has 2 aromatic rings. The zero-order chi connectivity index (χ0) is 16.7. The number of ether oxygens (including phenoxy) is 2.